The monoisotopic (exact) mass is 475 g/mol. The fourth-order valence-corrected chi connectivity index (χ4v) is 6.96. The van der Waals surface area contributed by atoms with Gasteiger partial charge in [0.2, 0.25) is 10.0 Å². The normalized spacial score (nSPS) is 16.0. The molecule has 0 amide bonds. The Kier molecular flexibility index (Phi) is 6.51. The molecule has 1 saturated heterocycles. The van der Waals surface area contributed by atoms with Gasteiger partial charge in [-0.2, -0.15) is 4.31 Å². The molecule has 0 saturated carbocycles. The maximum absolute atomic E-state index is 13.3. The number of halogens is 1. The van der Waals surface area contributed by atoms with E-state index in [1.807, 2.05) is 57.2 Å². The zero-order valence-corrected chi connectivity index (χ0v) is 20.3. The number of nitrogens with zero attached hydrogens (tertiary/aromatic N) is 3. The SMILES string of the molecule is Cc1cc(C)c(S(=O)(=O)N2CCN(Cc3nc(-c4ccc(Cl)cc4)cs3)CC2)c(C)c1. The van der Waals surface area contributed by atoms with Crippen molar-refractivity contribution in [3.05, 3.63) is 68.5 Å². The lowest BCUT2D eigenvalue weighted by Gasteiger charge is -2.34. The van der Waals surface area contributed by atoms with Gasteiger partial charge in [0.05, 0.1) is 17.1 Å². The van der Waals surface area contributed by atoms with Crippen LogP contribution in [0, 0.1) is 20.8 Å². The summed E-state index contributed by atoms with van der Waals surface area (Å²) in [5.74, 6) is 0. The molecule has 164 valence electrons. The fourth-order valence-electron chi connectivity index (χ4n) is 4.16. The number of piperazine rings is 1. The average molecular weight is 476 g/mol. The molecule has 5 nitrogen and oxygen atoms in total. The van der Waals surface area contributed by atoms with Crippen molar-refractivity contribution in [2.75, 3.05) is 26.2 Å². The van der Waals surface area contributed by atoms with Gasteiger partial charge in [0, 0.05) is 42.1 Å². The standard InChI is InChI=1S/C23H26ClN3O2S2/c1-16-12-17(2)23(18(3)13-16)31(28,29)27-10-8-26(9-11-27)14-22-25-21(15-30-22)19-4-6-20(24)7-5-19/h4-7,12-13,15H,8-11,14H2,1-3H3. The van der Waals surface area contributed by atoms with Crippen molar-refractivity contribution < 1.29 is 8.42 Å². The minimum atomic E-state index is -3.49. The number of aryl methyl sites for hydroxylation is 3. The van der Waals surface area contributed by atoms with Crippen molar-refractivity contribution in [3.8, 4) is 11.3 Å². The Balaban J connectivity index is 1.41. The Hall–Kier alpha value is -1.77. The van der Waals surface area contributed by atoms with Crippen LogP contribution in [-0.2, 0) is 16.6 Å². The Morgan fingerprint density at radius 1 is 1.00 bits per heavy atom. The molecule has 0 bridgehead atoms. The van der Waals surface area contributed by atoms with Gasteiger partial charge in [0.25, 0.3) is 0 Å². The number of sulfonamides is 1. The van der Waals surface area contributed by atoms with E-state index in [2.05, 4.69) is 10.3 Å². The van der Waals surface area contributed by atoms with Gasteiger partial charge < -0.3 is 0 Å². The van der Waals surface area contributed by atoms with E-state index in [0.29, 0.717) is 36.1 Å². The number of hydrogen-bond donors (Lipinski definition) is 0. The molecule has 4 rings (SSSR count). The lowest BCUT2D eigenvalue weighted by molar-refractivity contribution is 0.181. The largest absolute Gasteiger partial charge is 0.294 e. The molecule has 0 atom stereocenters. The molecule has 0 aliphatic carbocycles. The Bertz CT molecular complexity index is 1160. The van der Waals surface area contributed by atoms with Gasteiger partial charge in [-0.3, -0.25) is 4.90 Å². The summed E-state index contributed by atoms with van der Waals surface area (Å²) >= 11 is 7.60. The number of rotatable bonds is 5. The van der Waals surface area contributed by atoms with Crippen LogP contribution >= 0.6 is 22.9 Å². The second-order valence-corrected chi connectivity index (χ2v) is 11.3. The topological polar surface area (TPSA) is 53.5 Å². The predicted octanol–water partition coefficient (Wildman–Crippen LogP) is 4.90. The third-order valence-electron chi connectivity index (χ3n) is 5.58. The van der Waals surface area contributed by atoms with Crippen LogP contribution in [0.4, 0.5) is 0 Å². The maximum atomic E-state index is 13.3. The van der Waals surface area contributed by atoms with Crippen LogP contribution in [0.2, 0.25) is 5.02 Å². The molecule has 2 aromatic carbocycles. The van der Waals surface area contributed by atoms with Crippen molar-refractivity contribution in [2.45, 2.75) is 32.2 Å². The Labute approximate surface area is 193 Å². The van der Waals surface area contributed by atoms with Gasteiger partial charge in [0.15, 0.2) is 0 Å². The van der Waals surface area contributed by atoms with Crippen molar-refractivity contribution in [1.82, 2.24) is 14.2 Å². The van der Waals surface area contributed by atoms with Crippen molar-refractivity contribution in [3.63, 3.8) is 0 Å². The van der Waals surface area contributed by atoms with Crippen LogP contribution in [0.5, 0.6) is 0 Å². The van der Waals surface area contributed by atoms with Crippen LogP contribution < -0.4 is 0 Å². The van der Waals surface area contributed by atoms with E-state index in [1.54, 1.807) is 15.6 Å². The van der Waals surface area contributed by atoms with E-state index in [-0.39, 0.29) is 0 Å². The first-order chi connectivity index (χ1) is 14.7. The average Bonchev–Trinajstić information content (AvgIpc) is 3.16. The molecule has 1 aliphatic heterocycles. The Morgan fingerprint density at radius 3 is 2.23 bits per heavy atom. The minimum Gasteiger partial charge on any atom is -0.294 e. The summed E-state index contributed by atoms with van der Waals surface area (Å²) in [4.78, 5) is 7.48. The van der Waals surface area contributed by atoms with Crippen LogP contribution in [-0.4, -0.2) is 48.8 Å². The second-order valence-electron chi connectivity index (χ2n) is 8.04. The van der Waals surface area contributed by atoms with Gasteiger partial charge in [-0.1, -0.05) is 41.4 Å². The highest BCUT2D eigenvalue weighted by Gasteiger charge is 2.31. The molecule has 8 heteroatoms. The first-order valence-electron chi connectivity index (χ1n) is 10.2. The maximum Gasteiger partial charge on any atom is 0.243 e. The highest BCUT2D eigenvalue weighted by molar-refractivity contribution is 7.89. The van der Waals surface area contributed by atoms with Crippen molar-refractivity contribution >= 4 is 33.0 Å². The Morgan fingerprint density at radius 2 is 1.61 bits per heavy atom. The molecular formula is C23H26ClN3O2S2. The van der Waals surface area contributed by atoms with Gasteiger partial charge in [-0.25, -0.2) is 13.4 Å². The molecule has 1 aliphatic rings. The molecule has 0 N–H and O–H groups in total. The molecule has 1 aromatic heterocycles. The van der Waals surface area contributed by atoms with E-state index < -0.39 is 10.0 Å². The van der Waals surface area contributed by atoms with Gasteiger partial charge in [-0.05, 0) is 44.0 Å². The van der Waals surface area contributed by atoms with E-state index in [9.17, 15) is 8.42 Å². The van der Waals surface area contributed by atoms with Crippen LogP contribution in [0.25, 0.3) is 11.3 Å². The van der Waals surface area contributed by atoms with Gasteiger partial charge in [-0.15, -0.1) is 11.3 Å². The molecule has 0 spiro atoms. The first-order valence-corrected chi connectivity index (χ1v) is 12.9. The van der Waals surface area contributed by atoms with Crippen LogP contribution in [0.15, 0.2) is 46.7 Å². The first kappa shape index (κ1) is 22.4. The van der Waals surface area contributed by atoms with E-state index in [4.69, 9.17) is 16.6 Å². The molecule has 1 fully saturated rings. The van der Waals surface area contributed by atoms with Crippen molar-refractivity contribution in [2.24, 2.45) is 0 Å². The third kappa shape index (κ3) is 4.86. The highest BCUT2D eigenvalue weighted by Crippen LogP contribution is 2.27. The number of hydrogen-bond acceptors (Lipinski definition) is 5. The van der Waals surface area contributed by atoms with E-state index >= 15 is 0 Å². The lowest BCUT2D eigenvalue weighted by Crippen LogP contribution is -2.48. The molecular weight excluding hydrogens is 450 g/mol. The van der Waals surface area contributed by atoms with Crippen LogP contribution in [0.3, 0.4) is 0 Å². The van der Waals surface area contributed by atoms with E-state index in [1.165, 1.54) is 0 Å². The third-order valence-corrected chi connectivity index (χ3v) is 8.87. The van der Waals surface area contributed by atoms with Gasteiger partial charge in [0.1, 0.15) is 5.01 Å². The lowest BCUT2D eigenvalue weighted by atomic mass is 10.1. The number of thiazole rings is 1. The predicted molar refractivity (Wildman–Crippen MR) is 127 cm³/mol. The van der Waals surface area contributed by atoms with Gasteiger partial charge >= 0.3 is 0 Å². The molecule has 2 heterocycles. The molecule has 3 aromatic rings. The quantitative estimate of drug-likeness (QED) is 0.527. The summed E-state index contributed by atoms with van der Waals surface area (Å²) < 4.78 is 28.2. The molecule has 31 heavy (non-hydrogen) atoms. The summed E-state index contributed by atoms with van der Waals surface area (Å²) in [5.41, 5.74) is 4.71. The second kappa shape index (κ2) is 9.00. The molecule has 0 unspecified atom stereocenters. The summed E-state index contributed by atoms with van der Waals surface area (Å²) in [5, 5.41) is 3.80. The summed E-state index contributed by atoms with van der Waals surface area (Å²) in [6.07, 6.45) is 0. The highest BCUT2D eigenvalue weighted by atomic mass is 35.5. The van der Waals surface area contributed by atoms with Crippen LogP contribution in [0.1, 0.15) is 21.7 Å². The van der Waals surface area contributed by atoms with Crippen molar-refractivity contribution in [1.29, 1.82) is 0 Å². The summed E-state index contributed by atoms with van der Waals surface area (Å²) in [6.45, 7) is 8.85. The number of aromatic nitrogens is 1. The summed E-state index contributed by atoms with van der Waals surface area (Å²) in [7, 11) is -3.49. The fraction of sp³-hybridized carbons (Fsp3) is 0.348. The number of benzene rings is 2. The minimum absolute atomic E-state index is 0.457. The van der Waals surface area contributed by atoms with E-state index in [0.717, 1.165) is 39.5 Å². The summed E-state index contributed by atoms with van der Waals surface area (Å²) in [6, 6.07) is 11.6. The molecule has 0 radical (unpaired) electrons. The zero-order valence-electron chi connectivity index (χ0n) is 17.9. The zero-order chi connectivity index (χ0) is 22.2. The smallest absolute Gasteiger partial charge is 0.243 e.